The van der Waals surface area contributed by atoms with Gasteiger partial charge in [-0.15, -0.1) is 0 Å². The van der Waals surface area contributed by atoms with Gasteiger partial charge in [0, 0.05) is 34.2 Å². The van der Waals surface area contributed by atoms with E-state index in [-0.39, 0.29) is 34.5 Å². The summed E-state index contributed by atoms with van der Waals surface area (Å²) < 4.78 is 37.4. The number of nitrogens with zero attached hydrogens (tertiary/aromatic N) is 5. The number of halogens is 2. The zero-order chi connectivity index (χ0) is 31.6. The first-order valence-corrected chi connectivity index (χ1v) is 14.2. The van der Waals surface area contributed by atoms with Gasteiger partial charge in [-0.25, -0.2) is 0 Å². The van der Waals surface area contributed by atoms with Gasteiger partial charge in [-0.3, -0.25) is 14.3 Å². The smallest absolute Gasteiger partial charge is 0.298 e. The Hall–Kier alpha value is -4.86. The molecule has 2 amide bonds. The third kappa shape index (κ3) is 5.97. The molecule has 1 N–H and O–H groups in total. The highest BCUT2D eigenvalue weighted by Crippen LogP contribution is 2.38. The summed E-state index contributed by atoms with van der Waals surface area (Å²) in [6, 6.07) is 19.8. The first-order chi connectivity index (χ1) is 20.9. The summed E-state index contributed by atoms with van der Waals surface area (Å²) in [6.45, 7) is 2.99. The highest BCUT2D eigenvalue weighted by atomic mass is 28.1. The Labute approximate surface area is 257 Å². The van der Waals surface area contributed by atoms with Crippen LogP contribution in [0.4, 0.5) is 20.2 Å². The van der Waals surface area contributed by atoms with Crippen LogP contribution in [0.5, 0.6) is 5.75 Å². The summed E-state index contributed by atoms with van der Waals surface area (Å²) in [5.74, 6) is -3.97. The number of nitrogens with one attached hydrogen (secondary N) is 1. The average molecular weight is 612 g/mol. The molecule has 223 valence electrons. The number of carbonyl (C=O) groups is 2. The Balaban J connectivity index is 1.38. The second-order valence-corrected chi connectivity index (χ2v) is 12.0. The van der Waals surface area contributed by atoms with Gasteiger partial charge < -0.3 is 19.9 Å². The van der Waals surface area contributed by atoms with Crippen molar-refractivity contribution in [1.82, 2.24) is 14.7 Å². The van der Waals surface area contributed by atoms with Crippen LogP contribution in [0.3, 0.4) is 0 Å². The second-order valence-electron chi connectivity index (χ2n) is 10.9. The lowest BCUT2D eigenvalue weighted by molar-refractivity contribution is 0.0428. The molecule has 0 unspecified atom stereocenters. The van der Waals surface area contributed by atoms with Crippen LogP contribution in [0.2, 0.25) is 0 Å². The molecule has 0 spiro atoms. The molecule has 44 heavy (non-hydrogen) atoms. The van der Waals surface area contributed by atoms with Gasteiger partial charge in [-0.2, -0.15) is 19.1 Å². The third-order valence-electron chi connectivity index (χ3n) is 7.22. The number of aromatic nitrogens is 2. The van der Waals surface area contributed by atoms with E-state index in [1.54, 1.807) is 37.3 Å². The van der Waals surface area contributed by atoms with Crippen molar-refractivity contribution >= 4 is 33.4 Å². The number of ether oxygens (including phenoxy) is 1. The minimum absolute atomic E-state index is 0.0271. The number of alkyl halides is 2. The molecular formula is C32H29F2N6O3Si. The maximum Gasteiger partial charge on any atom is 0.298 e. The van der Waals surface area contributed by atoms with Crippen LogP contribution in [0.15, 0.2) is 79.0 Å². The van der Waals surface area contributed by atoms with Crippen molar-refractivity contribution in [3.05, 3.63) is 107 Å². The van der Waals surface area contributed by atoms with Gasteiger partial charge in [-0.1, -0.05) is 42.5 Å². The van der Waals surface area contributed by atoms with Crippen molar-refractivity contribution in [2.24, 2.45) is 0 Å². The molecule has 1 aliphatic rings. The zero-order valence-electron chi connectivity index (χ0n) is 24.3. The van der Waals surface area contributed by atoms with E-state index in [2.05, 4.69) is 26.7 Å². The van der Waals surface area contributed by atoms with Crippen LogP contribution in [-0.4, -0.2) is 69.1 Å². The Morgan fingerprint density at radius 3 is 2.48 bits per heavy atom. The topological polar surface area (TPSA) is 103 Å². The minimum Gasteiger partial charge on any atom is -0.491 e. The Morgan fingerprint density at radius 1 is 1.14 bits per heavy atom. The van der Waals surface area contributed by atoms with Crippen molar-refractivity contribution in [3.63, 3.8) is 0 Å². The van der Waals surface area contributed by atoms with Gasteiger partial charge in [0.25, 0.3) is 17.7 Å². The average Bonchev–Trinajstić information content (AvgIpc) is 3.41. The van der Waals surface area contributed by atoms with E-state index < -0.39 is 22.9 Å². The predicted molar refractivity (Wildman–Crippen MR) is 162 cm³/mol. The number of likely N-dealkylation sites (N-methyl/N-ethyl adjacent to an activating group) is 1. The van der Waals surface area contributed by atoms with Crippen molar-refractivity contribution < 1.29 is 23.1 Å². The van der Waals surface area contributed by atoms with Gasteiger partial charge in [0.05, 0.1) is 34.1 Å². The summed E-state index contributed by atoms with van der Waals surface area (Å²) in [5, 5.41) is 15.6. The van der Waals surface area contributed by atoms with Crippen LogP contribution in [0.25, 0.3) is 0 Å². The molecule has 9 nitrogen and oxygen atoms in total. The monoisotopic (exact) mass is 611 g/mol. The number of amides is 2. The fourth-order valence-corrected chi connectivity index (χ4v) is 5.36. The third-order valence-corrected chi connectivity index (χ3v) is 7.60. The largest absolute Gasteiger partial charge is 0.491 e. The SMILES string of the molecule is CN(C)CCOc1ccc(NC(=O)c2cnn3c2C(=O)N(c2ccc(C(F)(F)c4ccccc4)cc2)[C@@](C)([Si])C3)cc1C#N. The number of anilines is 2. The molecule has 3 radical (unpaired) electrons. The fraction of sp³-hybridized carbons (Fsp3) is 0.250. The second kappa shape index (κ2) is 12.0. The molecule has 0 aliphatic carbocycles. The number of hydrogen-bond acceptors (Lipinski definition) is 6. The van der Waals surface area contributed by atoms with E-state index in [9.17, 15) is 14.9 Å². The number of nitriles is 1. The number of fused-ring (bicyclic) bond motifs is 1. The van der Waals surface area contributed by atoms with Gasteiger partial charge in [0.2, 0.25) is 0 Å². The van der Waals surface area contributed by atoms with Crippen LogP contribution >= 0.6 is 0 Å². The molecule has 1 aromatic heterocycles. The van der Waals surface area contributed by atoms with E-state index in [0.29, 0.717) is 30.3 Å². The lowest BCUT2D eigenvalue weighted by atomic mass is 9.99. The molecule has 2 heterocycles. The summed E-state index contributed by atoms with van der Waals surface area (Å²) in [7, 11) is 7.49. The maximum atomic E-state index is 15.1. The molecule has 4 aromatic rings. The normalized spacial score (nSPS) is 16.4. The Bertz CT molecular complexity index is 1730. The molecular weight excluding hydrogens is 582 g/mol. The molecule has 1 atom stereocenters. The number of rotatable bonds is 9. The van der Waals surface area contributed by atoms with Gasteiger partial charge >= 0.3 is 0 Å². The van der Waals surface area contributed by atoms with E-state index in [1.807, 2.05) is 19.0 Å². The number of benzene rings is 3. The van der Waals surface area contributed by atoms with Crippen molar-refractivity contribution in [2.45, 2.75) is 24.6 Å². The minimum atomic E-state index is -3.23. The molecule has 0 fully saturated rings. The van der Waals surface area contributed by atoms with Gasteiger partial charge in [0.15, 0.2) is 0 Å². The predicted octanol–water partition coefficient (Wildman–Crippen LogP) is 4.63. The van der Waals surface area contributed by atoms with Crippen LogP contribution in [-0.2, 0) is 12.5 Å². The maximum absolute atomic E-state index is 15.1. The summed E-state index contributed by atoms with van der Waals surface area (Å²) in [5.41, 5.74) is 0.661. The summed E-state index contributed by atoms with van der Waals surface area (Å²) >= 11 is 0. The first kappa shape index (κ1) is 30.6. The highest BCUT2D eigenvalue weighted by molar-refractivity contribution is 6.25. The summed E-state index contributed by atoms with van der Waals surface area (Å²) in [6.07, 6.45) is 1.31. The van der Waals surface area contributed by atoms with E-state index in [1.165, 1.54) is 58.2 Å². The van der Waals surface area contributed by atoms with Crippen LogP contribution in [0.1, 0.15) is 44.5 Å². The zero-order valence-corrected chi connectivity index (χ0v) is 25.3. The Kier molecular flexibility index (Phi) is 8.36. The standard InChI is InChI=1S/C32H29F2N6O3Si/c1-31(44)20-39-28(30(42)40(31)25-12-9-23(10-13-25)32(33,34)22-7-5-4-6-8-22)26(19-36-39)29(41)37-24-11-14-27(21(17-24)18-35)43-16-15-38(2)3/h4-14,17,19H,15-16,20H2,1-3H3,(H,37,41)/t31-/m0/s1. The quantitative estimate of drug-likeness (QED) is 0.277. The molecule has 0 bridgehead atoms. The Morgan fingerprint density at radius 2 is 1.82 bits per heavy atom. The van der Waals surface area contributed by atoms with E-state index in [4.69, 9.17) is 4.74 Å². The lowest BCUT2D eigenvalue weighted by Gasteiger charge is -2.42. The van der Waals surface area contributed by atoms with E-state index >= 15 is 8.78 Å². The van der Waals surface area contributed by atoms with Gasteiger partial charge in [-0.05, 0) is 51.4 Å². The molecule has 0 saturated carbocycles. The fourth-order valence-electron chi connectivity index (χ4n) is 4.98. The molecule has 3 aromatic carbocycles. The van der Waals surface area contributed by atoms with Crippen LogP contribution < -0.4 is 15.0 Å². The molecule has 1 aliphatic heterocycles. The highest BCUT2D eigenvalue weighted by Gasteiger charge is 2.43. The first-order valence-electron chi connectivity index (χ1n) is 13.7. The molecule has 0 saturated heterocycles. The van der Waals surface area contributed by atoms with Gasteiger partial charge in [0.1, 0.15) is 24.1 Å². The van der Waals surface area contributed by atoms with E-state index in [0.717, 1.165) is 0 Å². The summed E-state index contributed by atoms with van der Waals surface area (Å²) in [4.78, 5) is 30.6. The van der Waals surface area contributed by atoms with Crippen molar-refractivity contribution in [1.29, 1.82) is 5.26 Å². The number of hydrogen-bond donors (Lipinski definition) is 1. The molecule has 5 rings (SSSR count). The molecule has 12 heteroatoms. The van der Waals surface area contributed by atoms with Crippen molar-refractivity contribution in [2.75, 3.05) is 37.5 Å². The van der Waals surface area contributed by atoms with Crippen LogP contribution in [0, 0.1) is 11.3 Å². The van der Waals surface area contributed by atoms with Crippen molar-refractivity contribution in [3.8, 4) is 11.8 Å². The lowest BCUT2D eigenvalue weighted by Crippen LogP contribution is -2.58. The number of carbonyl (C=O) groups excluding carboxylic acids is 2.